The molecule has 17 heavy (non-hydrogen) atoms. The predicted molar refractivity (Wildman–Crippen MR) is 67.6 cm³/mol. The fourth-order valence-corrected chi connectivity index (χ4v) is 2.39. The molecule has 0 spiro atoms. The number of rotatable bonds is 4. The highest BCUT2D eigenvalue weighted by molar-refractivity contribution is 6.34. The van der Waals surface area contributed by atoms with Crippen molar-refractivity contribution in [3.05, 3.63) is 22.2 Å². The van der Waals surface area contributed by atoms with Gasteiger partial charge in [-0.1, -0.05) is 23.2 Å². The quantitative estimate of drug-likeness (QED) is 0.789. The van der Waals surface area contributed by atoms with Gasteiger partial charge in [0.1, 0.15) is 16.6 Å². The van der Waals surface area contributed by atoms with Crippen LogP contribution in [0.5, 0.6) is 0 Å². The summed E-state index contributed by atoms with van der Waals surface area (Å²) in [6.07, 6.45) is 3.21. The average molecular weight is 276 g/mol. The number of ether oxygens (including phenoxy) is 1. The normalized spacial score (nSPS) is 17.3. The maximum atomic E-state index is 5.98. The molecular weight excluding hydrogens is 261 g/mol. The molecule has 0 saturated carbocycles. The monoisotopic (exact) mass is 275 g/mol. The highest BCUT2D eigenvalue weighted by atomic mass is 35.5. The molecule has 94 valence electrons. The van der Waals surface area contributed by atoms with Crippen molar-refractivity contribution in [1.29, 1.82) is 0 Å². The summed E-state index contributed by atoms with van der Waals surface area (Å²) in [4.78, 5) is 10.3. The molecule has 1 aliphatic rings. The summed E-state index contributed by atoms with van der Waals surface area (Å²) in [5.41, 5.74) is 0.851. The first-order valence-electron chi connectivity index (χ1n) is 5.72. The standard InChI is InChI=1S/C11H15Cl2N3O/c12-10-9(11(13)15-8-14-10)2-1-3-16-4-6-17-7-5-16/h8H,1-7H2. The Bertz CT molecular complexity index is 349. The van der Waals surface area contributed by atoms with E-state index in [9.17, 15) is 0 Å². The minimum atomic E-state index is 0.465. The average Bonchev–Trinajstić information content (AvgIpc) is 2.34. The lowest BCUT2D eigenvalue weighted by atomic mass is 10.2. The van der Waals surface area contributed by atoms with Crippen LogP contribution in [0.2, 0.25) is 10.3 Å². The smallest absolute Gasteiger partial charge is 0.137 e. The molecule has 1 aromatic heterocycles. The summed E-state index contributed by atoms with van der Waals surface area (Å²) < 4.78 is 5.30. The Morgan fingerprint density at radius 3 is 2.47 bits per heavy atom. The van der Waals surface area contributed by atoms with Gasteiger partial charge < -0.3 is 4.74 Å². The van der Waals surface area contributed by atoms with E-state index in [0.29, 0.717) is 10.3 Å². The van der Waals surface area contributed by atoms with Gasteiger partial charge in [-0.3, -0.25) is 4.90 Å². The molecule has 0 atom stereocenters. The minimum absolute atomic E-state index is 0.465. The largest absolute Gasteiger partial charge is 0.379 e. The zero-order valence-corrected chi connectivity index (χ0v) is 11.0. The Hall–Kier alpha value is -0.420. The Balaban J connectivity index is 1.81. The first kappa shape index (κ1) is 13.0. The van der Waals surface area contributed by atoms with Gasteiger partial charge in [0.05, 0.1) is 13.2 Å². The van der Waals surface area contributed by atoms with Crippen molar-refractivity contribution in [2.75, 3.05) is 32.8 Å². The van der Waals surface area contributed by atoms with Gasteiger partial charge in [0.2, 0.25) is 0 Å². The molecule has 1 saturated heterocycles. The molecule has 1 aliphatic heterocycles. The number of aromatic nitrogens is 2. The van der Waals surface area contributed by atoms with Crippen LogP contribution < -0.4 is 0 Å². The Kier molecular flexibility index (Phi) is 4.98. The lowest BCUT2D eigenvalue weighted by molar-refractivity contribution is 0.0374. The van der Waals surface area contributed by atoms with Gasteiger partial charge in [-0.2, -0.15) is 0 Å². The van der Waals surface area contributed by atoms with Gasteiger partial charge in [-0.05, 0) is 19.4 Å². The highest BCUT2D eigenvalue weighted by Gasteiger charge is 2.12. The molecule has 0 radical (unpaired) electrons. The van der Waals surface area contributed by atoms with Crippen LogP contribution in [0.25, 0.3) is 0 Å². The van der Waals surface area contributed by atoms with E-state index in [-0.39, 0.29) is 0 Å². The Labute approximate surface area is 111 Å². The van der Waals surface area contributed by atoms with E-state index >= 15 is 0 Å². The topological polar surface area (TPSA) is 38.2 Å². The molecule has 0 amide bonds. The van der Waals surface area contributed by atoms with E-state index in [2.05, 4.69) is 14.9 Å². The van der Waals surface area contributed by atoms with Crippen molar-refractivity contribution in [2.45, 2.75) is 12.8 Å². The van der Waals surface area contributed by atoms with Gasteiger partial charge in [0, 0.05) is 18.7 Å². The van der Waals surface area contributed by atoms with E-state index in [0.717, 1.165) is 51.3 Å². The molecule has 0 aliphatic carbocycles. The van der Waals surface area contributed by atoms with Crippen LogP contribution >= 0.6 is 23.2 Å². The third-order valence-electron chi connectivity index (χ3n) is 2.85. The highest BCUT2D eigenvalue weighted by Crippen LogP contribution is 2.21. The van der Waals surface area contributed by atoms with Crippen LogP contribution in [0.1, 0.15) is 12.0 Å². The van der Waals surface area contributed by atoms with Gasteiger partial charge in [0.25, 0.3) is 0 Å². The molecule has 0 unspecified atom stereocenters. The molecule has 1 fully saturated rings. The predicted octanol–water partition coefficient (Wildman–Crippen LogP) is 2.05. The van der Waals surface area contributed by atoms with Crippen molar-refractivity contribution < 1.29 is 4.74 Å². The van der Waals surface area contributed by atoms with Gasteiger partial charge in [-0.15, -0.1) is 0 Å². The van der Waals surface area contributed by atoms with Crippen LogP contribution in [-0.4, -0.2) is 47.7 Å². The molecule has 1 aromatic rings. The number of morpholine rings is 1. The van der Waals surface area contributed by atoms with Crippen molar-refractivity contribution in [3.63, 3.8) is 0 Å². The summed E-state index contributed by atoms with van der Waals surface area (Å²) in [5, 5.41) is 0.930. The van der Waals surface area contributed by atoms with Gasteiger partial charge >= 0.3 is 0 Å². The second-order valence-corrected chi connectivity index (χ2v) is 4.71. The summed E-state index contributed by atoms with van der Waals surface area (Å²) in [6, 6.07) is 0. The summed E-state index contributed by atoms with van der Waals surface area (Å²) in [5.74, 6) is 0. The molecule has 2 rings (SSSR count). The molecule has 0 aromatic carbocycles. The summed E-state index contributed by atoms with van der Waals surface area (Å²) >= 11 is 12.0. The fourth-order valence-electron chi connectivity index (χ4n) is 1.88. The minimum Gasteiger partial charge on any atom is -0.379 e. The second-order valence-electron chi connectivity index (χ2n) is 3.99. The van der Waals surface area contributed by atoms with Crippen LogP contribution in [0.3, 0.4) is 0 Å². The molecular formula is C11H15Cl2N3O. The molecule has 6 heteroatoms. The van der Waals surface area contributed by atoms with Gasteiger partial charge in [-0.25, -0.2) is 9.97 Å². The van der Waals surface area contributed by atoms with Crippen molar-refractivity contribution >= 4 is 23.2 Å². The SMILES string of the molecule is Clc1ncnc(Cl)c1CCCN1CCOCC1. The third-order valence-corrected chi connectivity index (χ3v) is 3.50. The first-order valence-corrected chi connectivity index (χ1v) is 6.48. The maximum absolute atomic E-state index is 5.98. The molecule has 0 bridgehead atoms. The van der Waals surface area contributed by atoms with Crippen molar-refractivity contribution in [2.24, 2.45) is 0 Å². The van der Waals surface area contributed by atoms with Crippen LogP contribution in [0.15, 0.2) is 6.33 Å². The summed E-state index contributed by atoms with van der Waals surface area (Å²) in [6.45, 7) is 4.70. The van der Waals surface area contributed by atoms with Crippen molar-refractivity contribution in [3.8, 4) is 0 Å². The number of nitrogens with zero attached hydrogens (tertiary/aromatic N) is 3. The first-order chi connectivity index (χ1) is 8.27. The third kappa shape index (κ3) is 3.78. The lowest BCUT2D eigenvalue weighted by Crippen LogP contribution is -2.36. The molecule has 0 N–H and O–H groups in total. The number of hydrogen-bond donors (Lipinski definition) is 0. The van der Waals surface area contributed by atoms with Gasteiger partial charge in [0.15, 0.2) is 0 Å². The van der Waals surface area contributed by atoms with E-state index < -0.39 is 0 Å². The lowest BCUT2D eigenvalue weighted by Gasteiger charge is -2.26. The number of hydrogen-bond acceptors (Lipinski definition) is 4. The van der Waals surface area contributed by atoms with E-state index in [4.69, 9.17) is 27.9 Å². The Morgan fingerprint density at radius 1 is 1.18 bits per heavy atom. The van der Waals surface area contributed by atoms with Crippen LogP contribution in [0.4, 0.5) is 0 Å². The zero-order valence-electron chi connectivity index (χ0n) is 9.53. The summed E-state index contributed by atoms with van der Waals surface area (Å²) in [7, 11) is 0. The van der Waals surface area contributed by atoms with Crippen LogP contribution in [0, 0.1) is 0 Å². The second kappa shape index (κ2) is 6.50. The molecule has 2 heterocycles. The van der Waals surface area contributed by atoms with E-state index in [1.807, 2.05) is 0 Å². The Morgan fingerprint density at radius 2 is 1.82 bits per heavy atom. The van der Waals surface area contributed by atoms with E-state index in [1.165, 1.54) is 6.33 Å². The zero-order chi connectivity index (χ0) is 12.1. The maximum Gasteiger partial charge on any atom is 0.137 e. The van der Waals surface area contributed by atoms with E-state index in [1.54, 1.807) is 0 Å². The number of halogens is 2. The van der Waals surface area contributed by atoms with Crippen molar-refractivity contribution in [1.82, 2.24) is 14.9 Å². The molecule has 4 nitrogen and oxygen atoms in total. The van der Waals surface area contributed by atoms with Crippen LogP contribution in [-0.2, 0) is 11.2 Å². The fraction of sp³-hybridized carbons (Fsp3) is 0.636.